The number of hydrogen-bond donors (Lipinski definition) is 0. The molecule has 2 aromatic carbocycles. The van der Waals surface area contributed by atoms with Crippen LogP contribution in [0.15, 0.2) is 24.3 Å². The third-order valence-electron chi connectivity index (χ3n) is 5.45. The van der Waals surface area contributed by atoms with Gasteiger partial charge < -0.3 is 14.2 Å². The third-order valence-corrected chi connectivity index (χ3v) is 8.59. The van der Waals surface area contributed by atoms with E-state index in [1.807, 2.05) is 0 Å². The smallest absolute Gasteiger partial charge is 0.133 e. The van der Waals surface area contributed by atoms with Crippen LogP contribution in [0.25, 0.3) is 11.1 Å². The first-order valence-electron chi connectivity index (χ1n) is 10.2. The first-order chi connectivity index (χ1) is 13.4. The Hall–Kier alpha value is -1.73. The minimum Gasteiger partial charge on any atom is -0.496 e. The molecule has 0 saturated heterocycles. The van der Waals surface area contributed by atoms with Gasteiger partial charge in [-0.25, -0.2) is 0 Å². The van der Waals surface area contributed by atoms with Gasteiger partial charge in [0.15, 0.2) is 0 Å². The molecule has 2 aromatic rings. The number of benzene rings is 2. The molecule has 0 bridgehead atoms. The highest BCUT2D eigenvalue weighted by Crippen LogP contribution is 2.56. The van der Waals surface area contributed by atoms with Gasteiger partial charge in [0.1, 0.15) is 23.1 Å². The minimum absolute atomic E-state index is 0.278. The second kappa shape index (κ2) is 8.74. The fourth-order valence-electron chi connectivity index (χ4n) is 4.22. The van der Waals surface area contributed by atoms with Crippen LogP contribution in [0.5, 0.6) is 17.2 Å². The van der Waals surface area contributed by atoms with Crippen molar-refractivity contribution in [3.63, 3.8) is 0 Å². The van der Waals surface area contributed by atoms with E-state index in [0.717, 1.165) is 33.9 Å². The Morgan fingerprint density at radius 2 is 1.71 bits per heavy atom. The molecule has 0 amide bonds. The van der Waals surface area contributed by atoms with E-state index in [0.29, 0.717) is 5.92 Å². The Balaban J connectivity index is 2.27. The molecule has 2 atom stereocenters. The number of hydrogen-bond acceptors (Lipinski definition) is 3. The van der Waals surface area contributed by atoms with Crippen molar-refractivity contribution in [2.24, 2.45) is 5.92 Å². The summed E-state index contributed by atoms with van der Waals surface area (Å²) in [6.07, 6.45) is 3.64. The Kier molecular flexibility index (Phi) is 6.55. The van der Waals surface area contributed by atoms with Crippen molar-refractivity contribution in [1.82, 2.24) is 0 Å². The van der Waals surface area contributed by atoms with Gasteiger partial charge in [-0.2, -0.15) is 0 Å². The van der Waals surface area contributed by atoms with Crippen molar-refractivity contribution in [3.8, 4) is 28.4 Å². The first-order valence-corrected chi connectivity index (χ1v) is 11.8. The first kappa shape index (κ1) is 21.0. The Morgan fingerprint density at radius 1 is 1.07 bits per heavy atom. The molecular formula is C24H33O3P. The van der Waals surface area contributed by atoms with Crippen molar-refractivity contribution in [3.05, 3.63) is 35.4 Å². The highest BCUT2D eigenvalue weighted by atomic mass is 31.1. The number of fused-ring (bicyclic) bond motifs is 1. The second-order valence-electron chi connectivity index (χ2n) is 7.90. The third kappa shape index (κ3) is 3.62. The van der Waals surface area contributed by atoms with Crippen molar-refractivity contribution in [2.45, 2.75) is 53.3 Å². The molecule has 0 aromatic heterocycles. The molecule has 1 aliphatic rings. The van der Waals surface area contributed by atoms with E-state index in [1.54, 1.807) is 14.2 Å². The van der Waals surface area contributed by atoms with Crippen LogP contribution in [0.2, 0.25) is 0 Å². The van der Waals surface area contributed by atoms with E-state index in [9.17, 15) is 0 Å². The second-order valence-corrected chi connectivity index (χ2v) is 10.2. The number of rotatable bonds is 7. The van der Waals surface area contributed by atoms with Gasteiger partial charge in [-0.3, -0.25) is 0 Å². The average molecular weight is 400 g/mol. The lowest BCUT2D eigenvalue weighted by atomic mass is 9.97. The van der Waals surface area contributed by atoms with Crippen molar-refractivity contribution >= 4 is 13.2 Å². The molecule has 1 unspecified atom stereocenters. The van der Waals surface area contributed by atoms with E-state index in [1.165, 1.54) is 29.9 Å². The summed E-state index contributed by atoms with van der Waals surface area (Å²) in [5.41, 5.74) is 4.54. The maximum absolute atomic E-state index is 6.49. The van der Waals surface area contributed by atoms with E-state index in [-0.39, 0.29) is 5.85 Å². The monoisotopic (exact) mass is 400 g/mol. The number of aryl methyl sites for hydroxylation is 2. The normalized spacial score (nSPS) is 18.1. The molecule has 0 saturated carbocycles. The van der Waals surface area contributed by atoms with Gasteiger partial charge in [0.05, 0.1) is 19.8 Å². The lowest BCUT2D eigenvalue weighted by Crippen LogP contribution is -2.19. The topological polar surface area (TPSA) is 27.7 Å². The van der Waals surface area contributed by atoms with E-state index < -0.39 is 7.92 Å². The SMILES string of the molecule is CCCCP1c2c(cccc2-c2c(OC)c(C)cc(C)c2OC)O[C@@H]1C(C)C. The molecule has 3 rings (SSSR count). The summed E-state index contributed by atoms with van der Waals surface area (Å²) < 4.78 is 18.2. The van der Waals surface area contributed by atoms with E-state index in [2.05, 4.69) is 58.9 Å². The van der Waals surface area contributed by atoms with Gasteiger partial charge >= 0.3 is 0 Å². The molecule has 0 radical (unpaired) electrons. The van der Waals surface area contributed by atoms with E-state index in [4.69, 9.17) is 14.2 Å². The molecule has 1 heterocycles. The molecule has 0 fully saturated rings. The van der Waals surface area contributed by atoms with Crippen LogP contribution in [0, 0.1) is 19.8 Å². The van der Waals surface area contributed by atoms with Gasteiger partial charge in [0, 0.05) is 10.9 Å². The molecule has 0 N–H and O–H groups in total. The highest BCUT2D eigenvalue weighted by Gasteiger charge is 2.38. The van der Waals surface area contributed by atoms with Crippen LogP contribution in [-0.2, 0) is 0 Å². The predicted molar refractivity (Wildman–Crippen MR) is 120 cm³/mol. The predicted octanol–water partition coefficient (Wildman–Crippen LogP) is 6.27. The highest BCUT2D eigenvalue weighted by molar-refractivity contribution is 7.67. The Bertz CT molecular complexity index is 816. The van der Waals surface area contributed by atoms with Crippen LogP contribution >= 0.6 is 7.92 Å². The number of methoxy groups -OCH3 is 2. The zero-order chi connectivity index (χ0) is 20.4. The van der Waals surface area contributed by atoms with Crippen molar-refractivity contribution in [2.75, 3.05) is 20.4 Å². The molecule has 0 aliphatic carbocycles. The number of unbranched alkanes of at least 4 members (excludes halogenated alkanes) is 1. The maximum Gasteiger partial charge on any atom is 0.133 e. The van der Waals surface area contributed by atoms with E-state index >= 15 is 0 Å². The Labute approximate surface area is 171 Å². The fraction of sp³-hybridized carbons (Fsp3) is 0.500. The Morgan fingerprint density at radius 3 is 2.25 bits per heavy atom. The standard InChI is InChI=1S/C24H33O3P/c1-8-9-13-28-23-18(11-10-12-19(23)27-24(28)15(2)3)20-21(25-6)16(4)14-17(5)22(20)26-7/h10-12,14-15,24H,8-9,13H2,1-7H3/t24-,28?/m0/s1. The lowest BCUT2D eigenvalue weighted by molar-refractivity contribution is 0.241. The summed E-state index contributed by atoms with van der Waals surface area (Å²) in [6.45, 7) is 11.0. The van der Waals surface area contributed by atoms with Crippen LogP contribution in [0.3, 0.4) is 0 Å². The fourth-order valence-corrected chi connectivity index (χ4v) is 7.48. The zero-order valence-corrected chi connectivity index (χ0v) is 19.2. The quantitative estimate of drug-likeness (QED) is 0.513. The minimum atomic E-state index is -0.402. The van der Waals surface area contributed by atoms with Crippen molar-refractivity contribution in [1.29, 1.82) is 0 Å². The van der Waals surface area contributed by atoms with Gasteiger partial charge in [-0.1, -0.05) is 39.3 Å². The van der Waals surface area contributed by atoms with Gasteiger partial charge in [-0.15, -0.1) is 0 Å². The van der Waals surface area contributed by atoms with Crippen LogP contribution in [-0.4, -0.2) is 26.2 Å². The molecule has 4 heteroatoms. The van der Waals surface area contributed by atoms with Crippen LogP contribution in [0.4, 0.5) is 0 Å². The molecule has 3 nitrogen and oxygen atoms in total. The zero-order valence-electron chi connectivity index (χ0n) is 18.3. The van der Waals surface area contributed by atoms with Crippen molar-refractivity contribution < 1.29 is 14.2 Å². The van der Waals surface area contributed by atoms with Crippen LogP contribution < -0.4 is 19.5 Å². The summed E-state index contributed by atoms with van der Waals surface area (Å²) in [7, 11) is 3.09. The molecule has 28 heavy (non-hydrogen) atoms. The average Bonchev–Trinajstić information content (AvgIpc) is 3.05. The lowest BCUT2D eigenvalue weighted by Gasteiger charge is -2.24. The summed E-state index contributed by atoms with van der Waals surface area (Å²) in [5.74, 6) is 3.61. The summed E-state index contributed by atoms with van der Waals surface area (Å²) in [5, 5.41) is 1.38. The maximum atomic E-state index is 6.49. The summed E-state index contributed by atoms with van der Waals surface area (Å²) in [6, 6.07) is 8.58. The molecule has 1 aliphatic heterocycles. The number of ether oxygens (including phenoxy) is 3. The summed E-state index contributed by atoms with van der Waals surface area (Å²) >= 11 is 0. The molecular weight excluding hydrogens is 367 g/mol. The van der Waals surface area contributed by atoms with Gasteiger partial charge in [0.2, 0.25) is 0 Å². The largest absolute Gasteiger partial charge is 0.496 e. The van der Waals surface area contributed by atoms with Gasteiger partial charge in [0.25, 0.3) is 0 Å². The molecule has 152 valence electrons. The van der Waals surface area contributed by atoms with Gasteiger partial charge in [-0.05, 0) is 63.5 Å². The molecule has 0 spiro atoms. The summed E-state index contributed by atoms with van der Waals surface area (Å²) in [4.78, 5) is 0. The van der Waals surface area contributed by atoms with Crippen LogP contribution in [0.1, 0.15) is 44.7 Å².